The number of anilines is 1. The topological polar surface area (TPSA) is 97.5 Å². The number of hydrogen-bond donors (Lipinski definition) is 3. The lowest BCUT2D eigenvalue weighted by molar-refractivity contribution is -0.109. The van der Waals surface area contributed by atoms with E-state index in [4.69, 9.17) is 27.2 Å². The van der Waals surface area contributed by atoms with Crippen LogP contribution in [0.25, 0.3) is 10.2 Å². The summed E-state index contributed by atoms with van der Waals surface area (Å²) in [5.74, 6) is 0.354. The van der Waals surface area contributed by atoms with Crippen LogP contribution in [0.15, 0.2) is 0 Å². The van der Waals surface area contributed by atoms with Crippen molar-refractivity contribution >= 4 is 45.3 Å². The van der Waals surface area contributed by atoms with Crippen molar-refractivity contribution in [3.05, 3.63) is 15.5 Å². The number of aliphatic hydroxyl groups excluding tert-OH is 1. The van der Waals surface area contributed by atoms with Gasteiger partial charge >= 0.3 is 0 Å². The average molecular weight is 358 g/mol. The van der Waals surface area contributed by atoms with E-state index in [-0.39, 0.29) is 13.2 Å². The van der Waals surface area contributed by atoms with Gasteiger partial charge in [0, 0.05) is 16.3 Å². The number of aromatic nitrogens is 1. The monoisotopic (exact) mass is 357 g/mol. The molecule has 0 unspecified atom stereocenters. The van der Waals surface area contributed by atoms with Crippen LogP contribution in [0.1, 0.15) is 23.3 Å². The zero-order valence-corrected chi connectivity index (χ0v) is 14.6. The Labute approximate surface area is 143 Å². The van der Waals surface area contributed by atoms with Crippen molar-refractivity contribution in [3.63, 3.8) is 0 Å². The summed E-state index contributed by atoms with van der Waals surface area (Å²) in [5, 5.41) is 12.7. The van der Waals surface area contributed by atoms with Gasteiger partial charge in [-0.25, -0.2) is 4.98 Å². The van der Waals surface area contributed by atoms with Gasteiger partial charge in [-0.1, -0.05) is 11.6 Å². The number of aryl methyl sites for hydroxylation is 2. The maximum atomic E-state index is 9.54. The van der Waals surface area contributed by atoms with E-state index >= 15 is 0 Å². The second-order valence-corrected chi connectivity index (χ2v) is 6.82. The Kier molecular flexibility index (Phi) is 6.04. The fraction of sp³-hybridized carbons (Fsp3) is 0.467. The van der Waals surface area contributed by atoms with Crippen LogP contribution in [-0.4, -0.2) is 35.8 Å². The van der Waals surface area contributed by atoms with Gasteiger partial charge in [-0.2, -0.15) is 0 Å². The Hall–Kier alpha value is -1.57. The van der Waals surface area contributed by atoms with Crippen LogP contribution in [-0.2, 0) is 4.79 Å². The zero-order valence-electron chi connectivity index (χ0n) is 13.1. The summed E-state index contributed by atoms with van der Waals surface area (Å²) in [5.41, 5.74) is 7.58. The molecule has 0 saturated heterocycles. The number of amides is 1. The van der Waals surface area contributed by atoms with Crippen LogP contribution in [0, 0.1) is 13.8 Å². The molecular weight excluding hydrogens is 338 g/mol. The van der Waals surface area contributed by atoms with Crippen molar-refractivity contribution in [2.75, 3.05) is 18.9 Å². The van der Waals surface area contributed by atoms with E-state index < -0.39 is 0 Å². The van der Waals surface area contributed by atoms with Crippen molar-refractivity contribution in [2.24, 2.45) is 0 Å². The molecule has 0 bridgehead atoms. The smallest absolute Gasteiger partial charge is 0.234 e. The third-order valence-corrected chi connectivity index (χ3v) is 4.88. The molecule has 0 spiro atoms. The molecule has 3 rings (SSSR count). The molecule has 0 aromatic carbocycles. The lowest BCUT2D eigenvalue weighted by atomic mass is 10.2. The van der Waals surface area contributed by atoms with E-state index in [1.807, 2.05) is 13.8 Å². The summed E-state index contributed by atoms with van der Waals surface area (Å²) in [7, 11) is 0. The minimum atomic E-state index is -0.0687. The molecule has 1 fully saturated rings. The first-order chi connectivity index (χ1) is 11.0. The summed E-state index contributed by atoms with van der Waals surface area (Å²) in [6, 6.07) is 0.530. The van der Waals surface area contributed by atoms with Gasteiger partial charge in [0.05, 0.1) is 12.3 Å². The number of rotatable bonds is 5. The lowest BCUT2D eigenvalue weighted by Crippen LogP contribution is -2.11. The second-order valence-electron chi connectivity index (χ2n) is 5.24. The fourth-order valence-corrected chi connectivity index (χ4v) is 3.17. The SMILES string of the molecule is Cc1sc2nc(OCCO)c(Cl)c(C)c2c1N.O=CNC1CC1. The Bertz CT molecular complexity index is 701. The molecule has 4 N–H and O–H groups in total. The minimum Gasteiger partial charge on any atom is -0.474 e. The van der Waals surface area contributed by atoms with E-state index in [1.165, 1.54) is 24.2 Å². The lowest BCUT2D eigenvalue weighted by Gasteiger charge is -2.08. The molecule has 2 aromatic rings. The highest BCUT2D eigenvalue weighted by molar-refractivity contribution is 7.19. The third-order valence-electron chi connectivity index (χ3n) is 3.42. The second kappa shape index (κ2) is 7.81. The minimum absolute atomic E-state index is 0.0687. The molecule has 1 aliphatic carbocycles. The molecule has 6 nitrogen and oxygen atoms in total. The predicted octanol–water partition coefficient (Wildman–Crippen LogP) is 2.41. The maximum absolute atomic E-state index is 9.54. The highest BCUT2D eigenvalue weighted by Crippen LogP contribution is 2.40. The molecule has 2 aromatic heterocycles. The number of fused-ring (bicyclic) bond motifs is 1. The van der Waals surface area contributed by atoms with Gasteiger partial charge < -0.3 is 20.9 Å². The number of halogens is 1. The molecule has 1 amide bonds. The molecule has 8 heteroatoms. The molecule has 0 atom stereocenters. The van der Waals surface area contributed by atoms with E-state index in [0.29, 0.717) is 16.9 Å². The molecule has 0 radical (unpaired) electrons. The van der Waals surface area contributed by atoms with Gasteiger partial charge in [-0.3, -0.25) is 4.79 Å². The van der Waals surface area contributed by atoms with Gasteiger partial charge in [0.1, 0.15) is 16.5 Å². The first-order valence-corrected chi connectivity index (χ1v) is 8.47. The van der Waals surface area contributed by atoms with Gasteiger partial charge in [-0.15, -0.1) is 11.3 Å². The summed E-state index contributed by atoms with van der Waals surface area (Å²) < 4.78 is 5.30. The van der Waals surface area contributed by atoms with Crippen LogP contribution in [0.2, 0.25) is 5.02 Å². The predicted molar refractivity (Wildman–Crippen MR) is 93.3 cm³/mol. The van der Waals surface area contributed by atoms with Gasteiger partial charge in [0.25, 0.3) is 0 Å². The van der Waals surface area contributed by atoms with Crippen LogP contribution in [0.5, 0.6) is 5.88 Å². The Balaban J connectivity index is 0.000000268. The van der Waals surface area contributed by atoms with Crippen molar-refractivity contribution in [1.82, 2.24) is 10.3 Å². The van der Waals surface area contributed by atoms with Crippen molar-refractivity contribution < 1.29 is 14.6 Å². The average Bonchev–Trinajstić information content (AvgIpc) is 3.29. The Morgan fingerprint density at radius 2 is 2.22 bits per heavy atom. The van der Waals surface area contributed by atoms with E-state index in [2.05, 4.69) is 10.3 Å². The number of carbonyl (C=O) groups is 1. The standard InChI is InChI=1S/C11H13ClN2O2S.C4H7NO/c1-5-7-9(13)6(2)17-11(7)14-10(8(5)12)16-4-3-15;6-3-5-4-1-2-4/h15H,3-4,13H2,1-2H3;3-4H,1-2H2,(H,5,6). The Morgan fingerprint density at radius 1 is 1.52 bits per heavy atom. The van der Waals surface area contributed by atoms with E-state index in [0.717, 1.165) is 32.8 Å². The molecule has 23 heavy (non-hydrogen) atoms. The third kappa shape index (κ3) is 4.25. The van der Waals surface area contributed by atoms with E-state index in [9.17, 15) is 4.79 Å². The first kappa shape index (κ1) is 17.8. The summed E-state index contributed by atoms with van der Waals surface area (Å²) in [6.07, 6.45) is 3.12. The summed E-state index contributed by atoms with van der Waals surface area (Å²) >= 11 is 7.68. The first-order valence-electron chi connectivity index (χ1n) is 7.27. The molecule has 0 aliphatic heterocycles. The fourth-order valence-electron chi connectivity index (χ4n) is 1.98. The van der Waals surface area contributed by atoms with Crippen molar-refractivity contribution in [3.8, 4) is 5.88 Å². The molecule has 2 heterocycles. The number of hydrogen-bond acceptors (Lipinski definition) is 6. The number of thiophene rings is 1. The van der Waals surface area contributed by atoms with Gasteiger partial charge in [0.15, 0.2) is 0 Å². The Morgan fingerprint density at radius 3 is 2.74 bits per heavy atom. The normalized spacial score (nSPS) is 13.4. The van der Waals surface area contributed by atoms with Gasteiger partial charge in [-0.05, 0) is 32.3 Å². The number of nitrogens with zero attached hydrogens (tertiary/aromatic N) is 1. The number of nitrogens with one attached hydrogen (secondary N) is 1. The largest absolute Gasteiger partial charge is 0.474 e. The van der Waals surface area contributed by atoms with Crippen LogP contribution >= 0.6 is 22.9 Å². The maximum Gasteiger partial charge on any atom is 0.234 e. The summed E-state index contributed by atoms with van der Waals surface area (Å²) in [6.45, 7) is 3.95. The number of nitrogens with two attached hydrogens (primary N) is 1. The molecule has 1 aliphatic rings. The number of nitrogen functional groups attached to an aromatic ring is 1. The molecule has 126 valence electrons. The van der Waals surface area contributed by atoms with Crippen LogP contribution < -0.4 is 15.8 Å². The van der Waals surface area contributed by atoms with Crippen LogP contribution in [0.4, 0.5) is 5.69 Å². The van der Waals surface area contributed by atoms with Crippen molar-refractivity contribution in [2.45, 2.75) is 32.7 Å². The highest BCUT2D eigenvalue weighted by Gasteiger charge is 2.19. The number of pyridine rings is 1. The highest BCUT2D eigenvalue weighted by atomic mass is 35.5. The summed E-state index contributed by atoms with van der Waals surface area (Å²) in [4.78, 5) is 15.7. The van der Waals surface area contributed by atoms with Gasteiger partial charge in [0.2, 0.25) is 12.3 Å². The number of ether oxygens (including phenoxy) is 1. The van der Waals surface area contributed by atoms with E-state index in [1.54, 1.807) is 0 Å². The number of carbonyl (C=O) groups excluding carboxylic acids is 1. The number of aliphatic hydroxyl groups is 1. The molecule has 1 saturated carbocycles. The quantitative estimate of drug-likeness (QED) is 0.714. The zero-order chi connectivity index (χ0) is 17.0. The molecular formula is C15H20ClN3O3S. The van der Waals surface area contributed by atoms with Crippen LogP contribution in [0.3, 0.4) is 0 Å². The van der Waals surface area contributed by atoms with Crippen molar-refractivity contribution in [1.29, 1.82) is 0 Å².